The van der Waals surface area contributed by atoms with E-state index in [-0.39, 0.29) is 40.7 Å². The molecule has 0 N–H and O–H groups in total. The number of hydrogen-bond acceptors (Lipinski definition) is 8. The zero-order valence-corrected chi connectivity index (χ0v) is 19.8. The van der Waals surface area contributed by atoms with Crippen LogP contribution < -0.4 is 14.2 Å². The Morgan fingerprint density at radius 3 is 2.17 bits per heavy atom. The van der Waals surface area contributed by atoms with E-state index < -0.39 is 11.9 Å². The zero-order valence-electron chi connectivity index (χ0n) is 19.8. The van der Waals surface area contributed by atoms with Gasteiger partial charge in [-0.1, -0.05) is 0 Å². The molecule has 0 aliphatic carbocycles. The highest BCUT2D eigenvalue weighted by Gasteiger charge is 2.36. The predicted octanol–water partition coefficient (Wildman–Crippen LogP) is 2.87. The van der Waals surface area contributed by atoms with Crippen LogP contribution in [0.4, 0.5) is 13.2 Å². The number of nitrogens with zero attached hydrogens (tertiary/aromatic N) is 5. The summed E-state index contributed by atoms with van der Waals surface area (Å²) >= 11 is 0. The van der Waals surface area contributed by atoms with E-state index >= 15 is 0 Å². The van der Waals surface area contributed by atoms with Gasteiger partial charge < -0.3 is 19.1 Å². The molecule has 3 heterocycles. The van der Waals surface area contributed by atoms with E-state index in [4.69, 9.17) is 14.2 Å². The third-order valence-corrected chi connectivity index (χ3v) is 5.99. The van der Waals surface area contributed by atoms with Crippen molar-refractivity contribution in [3.05, 3.63) is 35.7 Å². The van der Waals surface area contributed by atoms with Crippen molar-refractivity contribution >= 4 is 11.4 Å². The smallest absolute Gasteiger partial charge is 0.433 e. The number of likely N-dealkylation sites (N-methyl/N-ethyl adjacent to an activating group) is 1. The number of ether oxygens (including phenoxy) is 3. The number of methoxy groups -OCH3 is 3. The summed E-state index contributed by atoms with van der Waals surface area (Å²) in [5.74, 6) is 0.476. The zero-order chi connectivity index (χ0) is 25.3. The molecule has 4 rings (SSSR count). The molecule has 2 aromatic heterocycles. The lowest BCUT2D eigenvalue weighted by atomic mass is 10.1. The summed E-state index contributed by atoms with van der Waals surface area (Å²) in [7, 11) is 6.24. The number of rotatable bonds is 7. The molecular formula is C23H26F3N5O4. The Labute approximate surface area is 200 Å². The Kier molecular flexibility index (Phi) is 6.86. The van der Waals surface area contributed by atoms with Crippen molar-refractivity contribution in [2.45, 2.75) is 6.18 Å². The number of alkyl halides is 3. The Morgan fingerprint density at radius 1 is 1.00 bits per heavy atom. The van der Waals surface area contributed by atoms with Crippen molar-refractivity contribution in [1.82, 2.24) is 24.4 Å². The van der Waals surface area contributed by atoms with Gasteiger partial charge in [0.15, 0.2) is 28.6 Å². The van der Waals surface area contributed by atoms with Crippen molar-refractivity contribution < 1.29 is 32.2 Å². The van der Waals surface area contributed by atoms with E-state index in [9.17, 15) is 18.0 Å². The maximum Gasteiger partial charge on any atom is 0.433 e. The van der Waals surface area contributed by atoms with Crippen LogP contribution in [0.2, 0.25) is 0 Å². The molecule has 1 saturated heterocycles. The molecule has 12 heteroatoms. The molecule has 35 heavy (non-hydrogen) atoms. The first-order chi connectivity index (χ1) is 16.7. The number of carbonyl (C=O) groups excluding carboxylic acids is 1. The van der Waals surface area contributed by atoms with Crippen molar-refractivity contribution in [2.24, 2.45) is 0 Å². The van der Waals surface area contributed by atoms with Crippen molar-refractivity contribution in [2.75, 3.05) is 61.1 Å². The summed E-state index contributed by atoms with van der Waals surface area (Å²) in [5, 5.41) is 3.86. The molecule has 0 unspecified atom stereocenters. The average molecular weight is 493 g/mol. The predicted molar refractivity (Wildman–Crippen MR) is 121 cm³/mol. The SMILES string of the molecule is COc1cc(-c2cc(C(F)(F)F)n3ncc(C(=O)CN4CCN(C)CC4)c3n2)cc(OC)c1OC. The first-order valence-corrected chi connectivity index (χ1v) is 10.9. The van der Waals surface area contributed by atoms with Crippen molar-refractivity contribution in [1.29, 1.82) is 0 Å². The Hall–Kier alpha value is -3.38. The van der Waals surface area contributed by atoms with E-state index in [1.165, 1.54) is 33.5 Å². The second-order valence-corrected chi connectivity index (χ2v) is 8.23. The first kappa shape index (κ1) is 24.7. The lowest BCUT2D eigenvalue weighted by molar-refractivity contribution is -0.142. The third kappa shape index (κ3) is 4.89. The normalized spacial score (nSPS) is 15.4. The molecule has 0 radical (unpaired) electrons. The number of hydrogen-bond donors (Lipinski definition) is 0. The van der Waals surface area contributed by atoms with Gasteiger partial charge in [0, 0.05) is 31.7 Å². The van der Waals surface area contributed by atoms with Crippen molar-refractivity contribution in [3.8, 4) is 28.5 Å². The van der Waals surface area contributed by atoms with E-state index in [0.717, 1.165) is 25.4 Å². The Balaban J connectivity index is 1.82. The van der Waals surface area contributed by atoms with Crippen LogP contribution >= 0.6 is 0 Å². The Bertz CT molecular complexity index is 1210. The molecule has 0 atom stereocenters. The summed E-state index contributed by atoms with van der Waals surface area (Å²) in [6.07, 6.45) is -3.59. The van der Waals surface area contributed by atoms with Crippen LogP contribution in [0, 0.1) is 0 Å². The van der Waals surface area contributed by atoms with Crippen LogP contribution in [0.3, 0.4) is 0 Å². The van der Waals surface area contributed by atoms with Gasteiger partial charge in [-0.2, -0.15) is 18.3 Å². The minimum atomic E-state index is -4.74. The largest absolute Gasteiger partial charge is 0.493 e. The van der Waals surface area contributed by atoms with E-state index in [0.29, 0.717) is 28.9 Å². The highest BCUT2D eigenvalue weighted by atomic mass is 19.4. The lowest BCUT2D eigenvalue weighted by Gasteiger charge is -2.31. The third-order valence-electron chi connectivity index (χ3n) is 5.99. The average Bonchev–Trinajstić information content (AvgIpc) is 3.27. The minimum absolute atomic E-state index is 0.0155. The lowest BCUT2D eigenvalue weighted by Crippen LogP contribution is -2.46. The van der Waals surface area contributed by atoms with Gasteiger partial charge in [-0.15, -0.1) is 0 Å². The number of aromatic nitrogens is 3. The molecular weight excluding hydrogens is 467 g/mol. The highest BCUT2D eigenvalue weighted by Crippen LogP contribution is 2.42. The maximum absolute atomic E-state index is 14.0. The summed E-state index contributed by atoms with van der Waals surface area (Å²) in [6.45, 7) is 3.08. The number of carbonyl (C=O) groups is 1. The summed E-state index contributed by atoms with van der Waals surface area (Å²) in [4.78, 5) is 21.6. The first-order valence-electron chi connectivity index (χ1n) is 10.9. The molecule has 1 aliphatic rings. The highest BCUT2D eigenvalue weighted by molar-refractivity contribution is 6.02. The molecule has 0 amide bonds. The van der Waals surface area contributed by atoms with Crippen LogP contribution in [0.25, 0.3) is 16.9 Å². The van der Waals surface area contributed by atoms with Crippen LogP contribution in [0.5, 0.6) is 17.2 Å². The molecule has 0 saturated carbocycles. The number of ketones is 1. The fraction of sp³-hybridized carbons (Fsp3) is 0.435. The van der Waals surface area contributed by atoms with Gasteiger partial charge in [-0.3, -0.25) is 9.69 Å². The van der Waals surface area contributed by atoms with Gasteiger partial charge in [0.25, 0.3) is 0 Å². The maximum atomic E-state index is 14.0. The Morgan fingerprint density at radius 2 is 1.63 bits per heavy atom. The van der Waals surface area contributed by atoms with Crippen LogP contribution in [0.15, 0.2) is 24.4 Å². The molecule has 9 nitrogen and oxygen atoms in total. The van der Waals surface area contributed by atoms with Crippen LogP contribution in [0.1, 0.15) is 16.1 Å². The van der Waals surface area contributed by atoms with Gasteiger partial charge in [-0.05, 0) is 25.2 Å². The molecule has 0 bridgehead atoms. The molecule has 1 aliphatic heterocycles. The molecule has 188 valence electrons. The van der Waals surface area contributed by atoms with Crippen LogP contribution in [-0.2, 0) is 6.18 Å². The summed E-state index contributed by atoms with van der Waals surface area (Å²) < 4.78 is 58.6. The van der Waals surface area contributed by atoms with Gasteiger partial charge in [0.1, 0.15) is 0 Å². The van der Waals surface area contributed by atoms with E-state index in [1.807, 2.05) is 11.9 Å². The fourth-order valence-electron chi connectivity index (χ4n) is 4.03. The number of piperazine rings is 1. The quantitative estimate of drug-likeness (QED) is 0.465. The second-order valence-electron chi connectivity index (χ2n) is 8.23. The van der Waals surface area contributed by atoms with Gasteiger partial charge >= 0.3 is 6.18 Å². The number of halogens is 3. The topological polar surface area (TPSA) is 81.4 Å². The summed E-state index contributed by atoms with van der Waals surface area (Å²) in [5.41, 5.74) is -0.902. The monoisotopic (exact) mass is 493 g/mol. The van der Waals surface area contributed by atoms with Crippen molar-refractivity contribution in [3.63, 3.8) is 0 Å². The number of Topliss-reactive ketones (excluding diaryl/α,β-unsaturated/α-hetero) is 1. The van der Waals surface area contributed by atoms with E-state index in [1.54, 1.807) is 0 Å². The summed E-state index contributed by atoms with van der Waals surface area (Å²) in [6, 6.07) is 3.89. The van der Waals surface area contributed by atoms with Gasteiger partial charge in [0.2, 0.25) is 5.75 Å². The number of benzene rings is 1. The van der Waals surface area contributed by atoms with Gasteiger partial charge in [0.05, 0.1) is 45.3 Å². The molecule has 0 spiro atoms. The fourth-order valence-corrected chi connectivity index (χ4v) is 4.03. The number of fused-ring (bicyclic) bond motifs is 1. The minimum Gasteiger partial charge on any atom is -0.493 e. The standard InChI is InChI=1S/C23H26F3N5O4/c1-29-5-7-30(8-6-29)13-17(32)15-12-27-31-20(23(24,25)26)11-16(28-22(15)31)14-9-18(33-2)21(35-4)19(10-14)34-3/h9-12H,5-8,13H2,1-4H3. The van der Waals surface area contributed by atoms with Crippen LogP contribution in [-0.4, -0.2) is 91.3 Å². The molecule has 3 aromatic rings. The molecule has 1 aromatic carbocycles. The second kappa shape index (κ2) is 9.70. The van der Waals surface area contributed by atoms with Gasteiger partial charge in [-0.25, -0.2) is 9.50 Å². The molecule has 1 fully saturated rings. The van der Waals surface area contributed by atoms with E-state index in [2.05, 4.69) is 15.0 Å².